The largest absolute Gasteiger partial charge is 0.465 e. The Kier molecular flexibility index (Phi) is 6.55. The molecule has 0 saturated carbocycles. The zero-order valence-electron chi connectivity index (χ0n) is 14.1. The van der Waals surface area contributed by atoms with Crippen molar-refractivity contribution in [1.82, 2.24) is 9.62 Å². The molecule has 0 atom stereocenters. The van der Waals surface area contributed by atoms with Crippen LogP contribution in [0.3, 0.4) is 0 Å². The maximum absolute atomic E-state index is 12.2. The first-order valence-corrected chi connectivity index (χ1v) is 9.45. The molecular formula is C18H22N2O4S. The third-order valence-corrected chi connectivity index (χ3v) is 5.19. The summed E-state index contributed by atoms with van der Waals surface area (Å²) in [6.45, 7) is 2.59. The third-order valence-electron chi connectivity index (χ3n) is 3.71. The fourth-order valence-electron chi connectivity index (χ4n) is 2.32. The molecule has 2 rings (SSSR count). The molecule has 0 aliphatic rings. The molecule has 0 heterocycles. The molecule has 0 bridgehead atoms. The predicted molar refractivity (Wildman–Crippen MR) is 95.9 cm³/mol. The van der Waals surface area contributed by atoms with Crippen molar-refractivity contribution in [3.05, 3.63) is 65.7 Å². The minimum Gasteiger partial charge on any atom is -0.465 e. The molecule has 7 heteroatoms. The van der Waals surface area contributed by atoms with Crippen LogP contribution in [0.5, 0.6) is 0 Å². The monoisotopic (exact) mass is 362 g/mol. The number of nitrogens with one attached hydrogen (secondary N) is 1. The molecule has 134 valence electrons. The lowest BCUT2D eigenvalue weighted by molar-refractivity contribution is 0.142. The zero-order chi connectivity index (χ0) is 18.3. The summed E-state index contributed by atoms with van der Waals surface area (Å²) < 4.78 is 26.8. The SMILES string of the molecule is Cc1ccc(S(=O)(=O)NCCCN(Cc2ccccc2)C(=O)O)cc1. The minimum atomic E-state index is -3.57. The Morgan fingerprint density at radius 3 is 2.32 bits per heavy atom. The predicted octanol–water partition coefficient (Wildman–Crippen LogP) is 2.84. The first-order chi connectivity index (χ1) is 11.9. The van der Waals surface area contributed by atoms with Gasteiger partial charge in [0.25, 0.3) is 0 Å². The van der Waals surface area contributed by atoms with Crippen LogP contribution in [-0.2, 0) is 16.6 Å². The van der Waals surface area contributed by atoms with Gasteiger partial charge in [0.2, 0.25) is 10.0 Å². The summed E-state index contributed by atoms with van der Waals surface area (Å²) in [7, 11) is -3.57. The van der Waals surface area contributed by atoms with Gasteiger partial charge in [0.1, 0.15) is 0 Å². The van der Waals surface area contributed by atoms with Gasteiger partial charge in [-0.2, -0.15) is 0 Å². The molecule has 0 aliphatic heterocycles. The molecule has 2 N–H and O–H groups in total. The van der Waals surface area contributed by atoms with E-state index in [-0.39, 0.29) is 24.5 Å². The quantitative estimate of drug-likeness (QED) is 0.707. The van der Waals surface area contributed by atoms with Crippen LogP contribution in [0.25, 0.3) is 0 Å². The lowest BCUT2D eigenvalue weighted by Gasteiger charge is -2.19. The first-order valence-electron chi connectivity index (χ1n) is 7.96. The van der Waals surface area contributed by atoms with Crippen molar-refractivity contribution in [2.24, 2.45) is 0 Å². The molecule has 0 radical (unpaired) electrons. The number of benzene rings is 2. The summed E-state index contributed by atoms with van der Waals surface area (Å²) >= 11 is 0. The van der Waals surface area contributed by atoms with E-state index in [9.17, 15) is 18.3 Å². The van der Waals surface area contributed by atoms with E-state index >= 15 is 0 Å². The van der Waals surface area contributed by atoms with Gasteiger partial charge in [-0.15, -0.1) is 0 Å². The molecule has 2 aromatic rings. The van der Waals surface area contributed by atoms with Crippen LogP contribution in [0, 0.1) is 6.92 Å². The van der Waals surface area contributed by atoms with E-state index in [4.69, 9.17) is 0 Å². The van der Waals surface area contributed by atoms with Crippen LogP contribution in [0.1, 0.15) is 17.5 Å². The van der Waals surface area contributed by atoms with Crippen LogP contribution in [0.15, 0.2) is 59.5 Å². The lowest BCUT2D eigenvalue weighted by atomic mass is 10.2. The molecule has 0 spiro atoms. The smallest absolute Gasteiger partial charge is 0.407 e. The topological polar surface area (TPSA) is 86.7 Å². The van der Waals surface area contributed by atoms with Crippen molar-refractivity contribution in [3.63, 3.8) is 0 Å². The van der Waals surface area contributed by atoms with Crippen LogP contribution < -0.4 is 4.72 Å². The molecule has 6 nitrogen and oxygen atoms in total. The van der Waals surface area contributed by atoms with Crippen molar-refractivity contribution in [2.45, 2.75) is 24.8 Å². The summed E-state index contributed by atoms with van der Waals surface area (Å²) in [6.07, 6.45) is -0.630. The van der Waals surface area contributed by atoms with Gasteiger partial charge in [-0.05, 0) is 31.0 Å². The highest BCUT2D eigenvalue weighted by molar-refractivity contribution is 7.89. The second kappa shape index (κ2) is 8.64. The number of sulfonamides is 1. The Morgan fingerprint density at radius 2 is 1.72 bits per heavy atom. The molecule has 0 aromatic heterocycles. The highest BCUT2D eigenvalue weighted by Crippen LogP contribution is 2.10. The number of hydrogen-bond donors (Lipinski definition) is 2. The Morgan fingerprint density at radius 1 is 1.08 bits per heavy atom. The second-order valence-electron chi connectivity index (χ2n) is 5.75. The maximum atomic E-state index is 12.2. The maximum Gasteiger partial charge on any atom is 0.407 e. The lowest BCUT2D eigenvalue weighted by Crippen LogP contribution is -2.33. The average molecular weight is 362 g/mol. The Bertz CT molecular complexity index is 790. The van der Waals surface area contributed by atoms with Gasteiger partial charge in [-0.25, -0.2) is 17.9 Å². The summed E-state index contributed by atoms with van der Waals surface area (Å²) in [5, 5.41) is 9.29. The van der Waals surface area contributed by atoms with Crippen molar-refractivity contribution >= 4 is 16.1 Å². The number of carbonyl (C=O) groups is 1. The Labute approximate surface area is 148 Å². The van der Waals surface area contributed by atoms with E-state index in [1.54, 1.807) is 24.3 Å². The Hall–Kier alpha value is -2.38. The van der Waals surface area contributed by atoms with Gasteiger partial charge >= 0.3 is 6.09 Å². The molecule has 0 aliphatic carbocycles. The molecular weight excluding hydrogens is 340 g/mol. The first kappa shape index (κ1) is 19.0. The van der Waals surface area contributed by atoms with Crippen LogP contribution in [0.2, 0.25) is 0 Å². The number of aryl methyl sites for hydroxylation is 1. The molecule has 0 fully saturated rings. The van der Waals surface area contributed by atoms with Crippen molar-refractivity contribution in [2.75, 3.05) is 13.1 Å². The molecule has 0 saturated heterocycles. The highest BCUT2D eigenvalue weighted by atomic mass is 32.2. The molecule has 2 aromatic carbocycles. The van der Waals surface area contributed by atoms with Crippen molar-refractivity contribution in [1.29, 1.82) is 0 Å². The van der Waals surface area contributed by atoms with Gasteiger partial charge in [-0.1, -0.05) is 48.0 Å². The number of nitrogens with zero attached hydrogens (tertiary/aromatic N) is 1. The van der Waals surface area contributed by atoms with Gasteiger partial charge in [0.15, 0.2) is 0 Å². The van der Waals surface area contributed by atoms with Crippen LogP contribution >= 0.6 is 0 Å². The molecule has 25 heavy (non-hydrogen) atoms. The van der Waals surface area contributed by atoms with E-state index in [1.807, 2.05) is 37.3 Å². The fraction of sp³-hybridized carbons (Fsp3) is 0.278. The third kappa shape index (κ3) is 5.88. The Balaban J connectivity index is 1.85. The summed E-state index contributed by atoms with van der Waals surface area (Å²) in [5.74, 6) is 0. The second-order valence-corrected chi connectivity index (χ2v) is 7.52. The van der Waals surface area contributed by atoms with E-state index in [0.29, 0.717) is 6.42 Å². The minimum absolute atomic E-state index is 0.175. The van der Waals surface area contributed by atoms with Gasteiger partial charge in [0, 0.05) is 19.6 Å². The van der Waals surface area contributed by atoms with Gasteiger partial charge in [0.05, 0.1) is 4.90 Å². The summed E-state index contributed by atoms with van der Waals surface area (Å²) in [4.78, 5) is 12.8. The van der Waals surface area contributed by atoms with Crippen LogP contribution in [0.4, 0.5) is 4.79 Å². The van der Waals surface area contributed by atoms with Crippen molar-refractivity contribution < 1.29 is 18.3 Å². The summed E-state index contributed by atoms with van der Waals surface area (Å²) in [6, 6.07) is 15.9. The van der Waals surface area contributed by atoms with Crippen LogP contribution in [-0.4, -0.2) is 37.6 Å². The van der Waals surface area contributed by atoms with Gasteiger partial charge in [-0.3, -0.25) is 0 Å². The summed E-state index contributed by atoms with van der Waals surface area (Å²) in [5.41, 5.74) is 1.88. The highest BCUT2D eigenvalue weighted by Gasteiger charge is 2.15. The number of amides is 1. The van der Waals surface area contributed by atoms with E-state index in [2.05, 4.69) is 4.72 Å². The number of carboxylic acid groups (broad SMARTS) is 1. The van der Waals surface area contributed by atoms with E-state index in [0.717, 1.165) is 11.1 Å². The average Bonchev–Trinajstić information content (AvgIpc) is 2.58. The normalized spacial score (nSPS) is 11.2. The number of hydrogen-bond acceptors (Lipinski definition) is 3. The zero-order valence-corrected chi connectivity index (χ0v) is 14.9. The van der Waals surface area contributed by atoms with E-state index in [1.165, 1.54) is 4.90 Å². The molecule has 1 amide bonds. The van der Waals surface area contributed by atoms with Crippen molar-refractivity contribution in [3.8, 4) is 0 Å². The fourth-order valence-corrected chi connectivity index (χ4v) is 3.40. The molecule has 0 unspecified atom stereocenters. The van der Waals surface area contributed by atoms with E-state index < -0.39 is 16.1 Å². The standard InChI is InChI=1S/C18H22N2O4S/c1-15-8-10-17(11-9-15)25(23,24)19-12-5-13-20(18(21)22)14-16-6-3-2-4-7-16/h2-4,6-11,19H,5,12-14H2,1H3,(H,21,22). The van der Waals surface area contributed by atoms with Gasteiger partial charge < -0.3 is 10.0 Å². The number of rotatable bonds is 8.